The van der Waals surface area contributed by atoms with Crippen LogP contribution in [-0.4, -0.2) is 275 Å². The first-order valence-electron chi connectivity index (χ1n) is 46.7. The van der Waals surface area contributed by atoms with Gasteiger partial charge in [-0.15, -0.1) is 0 Å². The molecular weight excluding hydrogens is 2100 g/mol. The quantitative estimate of drug-likeness (QED) is 0.0183. The molecule has 142 heavy (non-hydrogen) atoms. The summed E-state index contributed by atoms with van der Waals surface area (Å²) in [6.07, 6.45) is 7.77. The van der Waals surface area contributed by atoms with Crippen LogP contribution in [0.3, 0.4) is 0 Å². The Kier molecular flexibility index (Phi) is 36.7. The van der Waals surface area contributed by atoms with E-state index in [0.29, 0.717) is 103 Å². The van der Waals surface area contributed by atoms with E-state index in [1.54, 1.807) is 47.4 Å². The largest absolute Gasteiger partial charge is 0.493 e. The fourth-order valence-electron chi connectivity index (χ4n) is 18.7. The zero-order chi connectivity index (χ0) is 103. The van der Waals surface area contributed by atoms with Crippen LogP contribution in [0.4, 0.5) is 77.0 Å². The van der Waals surface area contributed by atoms with Crippen molar-refractivity contribution in [3.63, 3.8) is 0 Å². The molecule has 6 aromatic carbocycles. The van der Waals surface area contributed by atoms with Crippen molar-refractivity contribution < 1.29 is 129 Å². The van der Waals surface area contributed by atoms with E-state index in [9.17, 15) is 36.7 Å². The van der Waals surface area contributed by atoms with Gasteiger partial charge in [0.2, 0.25) is 29.0 Å². The second kappa shape index (κ2) is 47.9. The molecule has 12 saturated heterocycles. The number of aromatic nitrogens is 8. The number of nitrogens with zero attached hydrogens (tertiary/aromatic N) is 14. The van der Waals surface area contributed by atoms with E-state index in [-0.39, 0.29) is 212 Å². The van der Waals surface area contributed by atoms with Gasteiger partial charge in [0.1, 0.15) is 68.2 Å². The van der Waals surface area contributed by atoms with Crippen LogP contribution in [-0.2, 0) is 19.1 Å². The summed E-state index contributed by atoms with van der Waals surface area (Å²) in [6.45, 7) is 22.0. The number of piperidine rings is 8. The van der Waals surface area contributed by atoms with Gasteiger partial charge < -0.3 is 126 Å². The standard InChI is InChI=1S/C27H32F2N6O3.C21H28FN5O4.C16H20FN5O2.C11H14FNO2.C11H20N2O2.C10H9ClFN3O2.BH.U/c1-4-31-20(15-5-7-16(28)8-6-15)12-22(36)34-13-18-10-9-17(34)14-35(18)27-32-24-19(26(30)33-27)11-21(37-2)25(38-3)23(24)29;1-21(2,3)31-20(28)27-10-11-6-7-12(27)9-26(11)19-24-16-13(18(23)25-19)8-14(29-4)17(30-5)15(16)22;1-23-11-5-10-13(12(17)14(11)24-2)20-16(21-15(10)18)22-7-8-3-4-9(22)6-19-8;1-2-13-10(7-11(14)15)8-3-5-9(12)6-4-8;1-11(2,3)15-10(14)13-7-8-4-5-9(13)6-12-8;1-16-5-3-4-7(6(12)8(5)17-2)14-10(11)15-9(4)13;;/h5-8,11,17-18,20,31H,4,9-10,12-14H2,1-3H3,(H2,30,32,33);8,11-12H,6-7,9-10H2,1-5H3,(H2,23,24,25);5,8-9,19H,3-4,6-7H2,1-2H3,(H2,18,20,21);3-6,10,13H,2,7H2,1H3,(H,14,15);8-9,12H,4-7H2,1-3H3;3H,1-2H3,(H2,13,14,15);1H;/t17?,18?,20-;;;10-;;;;/m1..1..../s1/i;;;;;;1T;. The minimum Gasteiger partial charge on any atom is -0.493 e. The third kappa shape index (κ3) is 25.2. The van der Waals surface area contributed by atoms with E-state index >= 15 is 8.78 Å². The number of hydrogen-bond donors (Lipinski definition) is 9. The fraction of sp³-hybridized carbons (Fsp3) is 0.500. The summed E-state index contributed by atoms with van der Waals surface area (Å²) in [7, 11) is 14.9. The average molecular weight is 2230 g/mol. The number of carbonyl (C=O) groups excluding carboxylic acids is 3. The first kappa shape index (κ1) is 109. The molecule has 12 aliphatic rings. The minimum absolute atomic E-state index is 0. The number of anilines is 7. The van der Waals surface area contributed by atoms with Gasteiger partial charge in [0, 0.05) is 174 Å². The Morgan fingerprint density at radius 1 is 0.437 bits per heavy atom. The van der Waals surface area contributed by atoms with Gasteiger partial charge in [0.25, 0.3) is 0 Å². The van der Waals surface area contributed by atoms with Crippen molar-refractivity contribution >= 4 is 129 Å². The number of nitrogens with one attached hydrogen (secondary N) is 4. The summed E-state index contributed by atoms with van der Waals surface area (Å²) < 4.78 is 143. The van der Waals surface area contributed by atoms with E-state index in [2.05, 4.69) is 74.4 Å². The van der Waals surface area contributed by atoms with Crippen molar-refractivity contribution in [2.45, 2.75) is 191 Å². The molecule has 3 amide bonds. The van der Waals surface area contributed by atoms with Crippen molar-refractivity contribution in [3.8, 4) is 46.0 Å². The van der Waals surface area contributed by atoms with Gasteiger partial charge in [-0.25, -0.2) is 60.9 Å². The van der Waals surface area contributed by atoms with Crippen LogP contribution < -0.4 is 96.8 Å². The number of aliphatic carboxylic acids is 1. The Morgan fingerprint density at radius 2 is 0.754 bits per heavy atom. The molecule has 16 heterocycles. The number of benzene rings is 6. The van der Waals surface area contributed by atoms with Crippen molar-refractivity contribution in [1.82, 2.24) is 75.8 Å². The Hall–Kier alpha value is -12.0. The summed E-state index contributed by atoms with van der Waals surface area (Å²) >= 11 is 5.62. The number of hydrogen-bond acceptors (Lipinski definition) is 33. The normalized spacial score (nSPS) is 19.5. The maximum atomic E-state index is 15.3. The van der Waals surface area contributed by atoms with Crippen LogP contribution in [0.2, 0.25) is 5.28 Å². The molecule has 37 nitrogen and oxygen atoms in total. The third-order valence-electron chi connectivity index (χ3n) is 25.5. The van der Waals surface area contributed by atoms with Crippen molar-refractivity contribution in [3.05, 3.63) is 124 Å². The molecule has 8 bridgehead atoms. The molecule has 22 rings (SSSR count). The first-order chi connectivity index (χ1) is 67.7. The third-order valence-corrected chi connectivity index (χ3v) is 25.6. The summed E-state index contributed by atoms with van der Waals surface area (Å²) in [4.78, 5) is 94.6. The Labute approximate surface area is 851 Å². The molecule has 0 saturated carbocycles. The van der Waals surface area contributed by atoms with E-state index in [0.717, 1.165) is 82.3 Å². The maximum Gasteiger partial charge on any atom is 0.410 e. The minimum atomic E-state index is -0.870. The van der Waals surface area contributed by atoms with Gasteiger partial charge in [-0.1, -0.05) is 38.1 Å². The number of rotatable bonds is 21. The van der Waals surface area contributed by atoms with E-state index < -0.39 is 34.8 Å². The number of amides is 3. The van der Waals surface area contributed by atoms with Gasteiger partial charge in [-0.3, -0.25) is 9.59 Å². The molecule has 13 N–H and O–H groups in total. The van der Waals surface area contributed by atoms with Gasteiger partial charge in [-0.2, -0.15) is 15.0 Å². The molecule has 46 heteroatoms. The van der Waals surface area contributed by atoms with Crippen LogP contribution in [0.15, 0.2) is 72.8 Å². The van der Waals surface area contributed by atoms with Crippen LogP contribution in [0.5, 0.6) is 46.0 Å². The van der Waals surface area contributed by atoms with Gasteiger partial charge in [0.05, 0.1) is 69.3 Å². The number of methoxy groups -OCH3 is 8. The number of carboxylic acid groups (broad SMARTS) is 1. The van der Waals surface area contributed by atoms with E-state index in [1.807, 2.05) is 75.0 Å². The molecule has 0 spiro atoms. The van der Waals surface area contributed by atoms with Crippen LogP contribution in [0, 0.1) is 66.0 Å². The molecular formula is C96H124BClF6N22O15U. The smallest absolute Gasteiger partial charge is 0.410 e. The average Bonchev–Trinajstić information content (AvgIpc) is 0.747. The first-order valence-corrected chi connectivity index (χ1v) is 46.5. The van der Waals surface area contributed by atoms with E-state index in [4.69, 9.17) is 88.3 Å². The number of fused-ring (bicyclic) bond motifs is 16. The van der Waals surface area contributed by atoms with Crippen molar-refractivity contribution in [2.75, 3.05) is 160 Å². The SMILES string of the molecule is CC(C)(C)OC(=O)N1CC2CCC1CN2.CCN[C@H](CC(=O)N1CC2CCC1CN2c1nc(N)c2cc(OC)c(OC)c(F)c2n1)c1ccc(F)cc1.CCN[C@H](CC(=O)O)c1ccc(F)cc1.COc1cc2c(N)nc(Cl)nc2c(F)c1OC.COc1cc2c(N)nc(N3CC4CCC3CN4)nc2c(F)c1OC.COc1cc2c(N)nc(N3CC4CCC3CN4C(=O)OC(C)(C)C)nc2c(F)c1OC.[3H][B].[U]. The van der Waals surface area contributed by atoms with Crippen LogP contribution in [0.1, 0.15) is 143 Å². The Balaban J connectivity index is 0.000000169. The van der Waals surface area contributed by atoms with Crippen molar-refractivity contribution in [2.24, 2.45) is 0 Å². The predicted octanol–water partition coefficient (Wildman–Crippen LogP) is 12.4. The predicted molar refractivity (Wildman–Crippen MR) is 526 cm³/mol. The monoisotopic (exact) mass is 2220 g/mol. The summed E-state index contributed by atoms with van der Waals surface area (Å²) in [5, 5.41) is 23.3. The summed E-state index contributed by atoms with van der Waals surface area (Å²) in [5.74, 6) is -1.43. The van der Waals surface area contributed by atoms with Crippen molar-refractivity contribution in [1.29, 1.82) is 1.34 Å². The molecule has 2 radical (unpaired) electrons. The molecule has 10 aromatic rings. The molecule has 10 atom stereocenters. The zero-order valence-corrected chi connectivity index (χ0v) is 87.2. The fourth-order valence-corrected chi connectivity index (χ4v) is 18.9. The van der Waals surface area contributed by atoms with E-state index in [1.165, 1.54) is 93.6 Å². The number of halogens is 7. The number of piperazine rings is 4. The molecule has 8 unspecified atom stereocenters. The van der Waals surface area contributed by atoms with Crippen LogP contribution in [0.25, 0.3) is 43.6 Å². The van der Waals surface area contributed by atoms with Gasteiger partial charge in [-0.05, 0) is 179 Å². The topological polar surface area (TPSA) is 456 Å². The number of ether oxygens (including phenoxy) is 10. The summed E-state index contributed by atoms with van der Waals surface area (Å²) in [6, 6.07) is 19.4. The maximum absolute atomic E-state index is 15.3. The number of nitrogen functional groups attached to an aromatic ring is 4. The van der Waals surface area contributed by atoms with Gasteiger partial charge in [0.15, 0.2) is 69.3 Å². The van der Waals surface area contributed by atoms with Gasteiger partial charge >= 0.3 is 18.2 Å². The second-order valence-electron chi connectivity index (χ2n) is 36.7. The molecule has 12 fully saturated rings. The molecule has 764 valence electrons. The number of carbonyl (C=O) groups is 4. The Morgan fingerprint density at radius 3 is 1.05 bits per heavy atom. The molecule has 4 aromatic heterocycles. The second-order valence-corrected chi connectivity index (χ2v) is 37.1. The number of carboxylic acids is 1. The van der Waals surface area contributed by atoms with Crippen LogP contribution >= 0.6 is 11.6 Å². The molecule has 12 aliphatic heterocycles. The molecule has 0 aliphatic carbocycles. The summed E-state index contributed by atoms with van der Waals surface area (Å²) in [5.41, 5.74) is 25.1. The Bertz CT molecular complexity index is 6140. The number of nitrogens with two attached hydrogens (primary N) is 4. The zero-order valence-electron chi connectivity index (χ0n) is 83.3.